The third kappa shape index (κ3) is 3.97. The Balaban J connectivity index is 1.61. The number of aryl methyl sites for hydroxylation is 1. The lowest BCUT2D eigenvalue weighted by Gasteiger charge is -2.32. The maximum Gasteiger partial charge on any atom is 0.163 e. The van der Waals surface area contributed by atoms with E-state index >= 15 is 0 Å². The van der Waals surface area contributed by atoms with Gasteiger partial charge < -0.3 is 9.30 Å². The van der Waals surface area contributed by atoms with Gasteiger partial charge in [-0.2, -0.15) is 5.10 Å². The molecule has 7 heteroatoms. The standard InChI is InChI=1S/C16H26N6O/c1-4-21-12-17-19-16(21)15-11-20(5-6-23-15)9-14-7-18-22(10-14)8-13(2)3/h7,10,12-13,15H,4-6,8-9,11H2,1-3H3. The lowest BCUT2D eigenvalue weighted by molar-refractivity contribution is -0.0388. The molecule has 2 aromatic rings. The van der Waals surface area contributed by atoms with E-state index in [9.17, 15) is 0 Å². The normalized spacial score (nSPS) is 19.6. The minimum Gasteiger partial charge on any atom is -0.368 e. The zero-order valence-electron chi connectivity index (χ0n) is 14.2. The predicted octanol–water partition coefficient (Wildman–Crippen LogP) is 1.72. The van der Waals surface area contributed by atoms with Gasteiger partial charge in [0.2, 0.25) is 0 Å². The number of nitrogens with zero attached hydrogens (tertiary/aromatic N) is 6. The monoisotopic (exact) mass is 318 g/mol. The summed E-state index contributed by atoms with van der Waals surface area (Å²) in [4.78, 5) is 2.40. The molecule has 3 heterocycles. The topological polar surface area (TPSA) is 61.0 Å². The van der Waals surface area contributed by atoms with Crippen molar-refractivity contribution >= 4 is 0 Å². The van der Waals surface area contributed by atoms with Crippen LogP contribution in [0, 0.1) is 5.92 Å². The minimum absolute atomic E-state index is 0.00286. The summed E-state index contributed by atoms with van der Waals surface area (Å²) in [7, 11) is 0. The van der Waals surface area contributed by atoms with Gasteiger partial charge in [-0.25, -0.2) is 0 Å². The van der Waals surface area contributed by atoms with Crippen LogP contribution in [0.25, 0.3) is 0 Å². The van der Waals surface area contributed by atoms with Crippen LogP contribution in [0.15, 0.2) is 18.7 Å². The van der Waals surface area contributed by atoms with Crippen LogP contribution in [0.2, 0.25) is 0 Å². The number of hydrogen-bond donors (Lipinski definition) is 0. The van der Waals surface area contributed by atoms with Gasteiger partial charge in [0.15, 0.2) is 5.82 Å². The third-order valence-electron chi connectivity index (χ3n) is 4.07. The van der Waals surface area contributed by atoms with Gasteiger partial charge in [0, 0.05) is 44.5 Å². The molecule has 0 bridgehead atoms. The van der Waals surface area contributed by atoms with E-state index in [0.717, 1.165) is 45.2 Å². The molecule has 0 spiro atoms. The van der Waals surface area contributed by atoms with Gasteiger partial charge in [-0.05, 0) is 12.8 Å². The summed E-state index contributed by atoms with van der Waals surface area (Å²) < 4.78 is 9.99. The van der Waals surface area contributed by atoms with Crippen molar-refractivity contribution in [1.82, 2.24) is 29.4 Å². The van der Waals surface area contributed by atoms with Gasteiger partial charge in [-0.1, -0.05) is 13.8 Å². The quantitative estimate of drug-likeness (QED) is 0.811. The fourth-order valence-corrected chi connectivity index (χ4v) is 2.98. The summed E-state index contributed by atoms with van der Waals surface area (Å²) in [5, 5.41) is 12.7. The molecule has 1 atom stereocenters. The predicted molar refractivity (Wildman–Crippen MR) is 86.7 cm³/mol. The van der Waals surface area contributed by atoms with Crippen molar-refractivity contribution in [1.29, 1.82) is 0 Å². The molecular formula is C16H26N6O. The van der Waals surface area contributed by atoms with Crippen LogP contribution in [-0.2, 0) is 24.4 Å². The van der Waals surface area contributed by atoms with Crippen molar-refractivity contribution in [3.63, 3.8) is 0 Å². The highest BCUT2D eigenvalue weighted by atomic mass is 16.5. The Morgan fingerprint density at radius 2 is 2.26 bits per heavy atom. The molecule has 1 aliphatic heterocycles. The van der Waals surface area contributed by atoms with E-state index in [-0.39, 0.29) is 6.10 Å². The Hall–Kier alpha value is -1.73. The number of rotatable bonds is 6. The van der Waals surface area contributed by atoms with E-state index < -0.39 is 0 Å². The summed E-state index contributed by atoms with van der Waals surface area (Å²) >= 11 is 0. The molecule has 7 nitrogen and oxygen atoms in total. The SMILES string of the molecule is CCn1cnnc1C1CN(Cc2cnn(CC(C)C)c2)CCO1. The first-order valence-corrected chi connectivity index (χ1v) is 8.38. The van der Waals surface area contributed by atoms with Crippen molar-refractivity contribution in [2.45, 2.75) is 46.5 Å². The van der Waals surface area contributed by atoms with Gasteiger partial charge >= 0.3 is 0 Å². The lowest BCUT2D eigenvalue weighted by atomic mass is 10.2. The fraction of sp³-hybridized carbons (Fsp3) is 0.688. The molecule has 1 saturated heterocycles. The molecule has 23 heavy (non-hydrogen) atoms. The van der Waals surface area contributed by atoms with Crippen LogP contribution in [0.1, 0.15) is 38.3 Å². The van der Waals surface area contributed by atoms with Crippen LogP contribution < -0.4 is 0 Å². The van der Waals surface area contributed by atoms with E-state index in [4.69, 9.17) is 4.74 Å². The molecule has 126 valence electrons. The van der Waals surface area contributed by atoms with E-state index in [1.54, 1.807) is 6.33 Å². The zero-order chi connectivity index (χ0) is 16.2. The van der Waals surface area contributed by atoms with Crippen LogP contribution in [0.3, 0.4) is 0 Å². The molecule has 3 rings (SSSR count). The van der Waals surface area contributed by atoms with Gasteiger partial charge in [-0.15, -0.1) is 10.2 Å². The van der Waals surface area contributed by atoms with Crippen LogP contribution in [-0.4, -0.2) is 49.1 Å². The van der Waals surface area contributed by atoms with Crippen molar-refractivity contribution in [3.8, 4) is 0 Å². The highest BCUT2D eigenvalue weighted by Crippen LogP contribution is 2.21. The smallest absolute Gasteiger partial charge is 0.163 e. The average molecular weight is 318 g/mol. The van der Waals surface area contributed by atoms with Crippen molar-refractivity contribution in [3.05, 3.63) is 30.1 Å². The molecule has 1 aliphatic rings. The summed E-state index contributed by atoms with van der Waals surface area (Å²) in [5.41, 5.74) is 1.25. The molecular weight excluding hydrogens is 292 g/mol. The van der Waals surface area contributed by atoms with E-state index in [0.29, 0.717) is 5.92 Å². The minimum atomic E-state index is -0.00286. The van der Waals surface area contributed by atoms with Gasteiger partial charge in [0.25, 0.3) is 0 Å². The van der Waals surface area contributed by atoms with Crippen LogP contribution in [0.4, 0.5) is 0 Å². The highest BCUT2D eigenvalue weighted by molar-refractivity contribution is 5.05. The second-order valence-corrected chi connectivity index (χ2v) is 6.53. The molecule has 0 saturated carbocycles. The fourth-order valence-electron chi connectivity index (χ4n) is 2.98. The number of ether oxygens (including phenoxy) is 1. The first kappa shape index (κ1) is 16.1. The molecule has 2 aromatic heterocycles. The largest absolute Gasteiger partial charge is 0.368 e. The Morgan fingerprint density at radius 1 is 1.39 bits per heavy atom. The first-order chi connectivity index (χ1) is 11.2. The zero-order valence-corrected chi connectivity index (χ0v) is 14.2. The lowest BCUT2D eigenvalue weighted by Crippen LogP contribution is -2.38. The third-order valence-corrected chi connectivity index (χ3v) is 4.07. The van der Waals surface area contributed by atoms with E-state index in [1.807, 2.05) is 10.9 Å². The van der Waals surface area contributed by atoms with Gasteiger partial charge in [0.05, 0.1) is 12.8 Å². The molecule has 1 unspecified atom stereocenters. The highest BCUT2D eigenvalue weighted by Gasteiger charge is 2.26. The summed E-state index contributed by atoms with van der Waals surface area (Å²) in [6.45, 7) is 11.7. The Bertz CT molecular complexity index is 620. The molecule has 0 aromatic carbocycles. The van der Waals surface area contributed by atoms with Gasteiger partial charge in [0.1, 0.15) is 12.4 Å². The second-order valence-electron chi connectivity index (χ2n) is 6.53. The van der Waals surface area contributed by atoms with Gasteiger partial charge in [-0.3, -0.25) is 9.58 Å². The Morgan fingerprint density at radius 3 is 3.04 bits per heavy atom. The summed E-state index contributed by atoms with van der Waals surface area (Å²) in [6, 6.07) is 0. The number of hydrogen-bond acceptors (Lipinski definition) is 5. The number of aromatic nitrogens is 5. The molecule has 0 radical (unpaired) electrons. The van der Waals surface area contributed by atoms with Crippen LogP contribution >= 0.6 is 0 Å². The van der Waals surface area contributed by atoms with E-state index in [2.05, 4.69) is 51.7 Å². The van der Waals surface area contributed by atoms with E-state index in [1.165, 1.54) is 5.56 Å². The first-order valence-electron chi connectivity index (χ1n) is 8.38. The van der Waals surface area contributed by atoms with Crippen LogP contribution in [0.5, 0.6) is 0 Å². The molecule has 0 amide bonds. The maximum atomic E-state index is 5.90. The maximum absolute atomic E-state index is 5.90. The molecule has 0 aliphatic carbocycles. The molecule has 0 N–H and O–H groups in total. The second kappa shape index (κ2) is 7.23. The van der Waals surface area contributed by atoms with Crippen molar-refractivity contribution < 1.29 is 4.74 Å². The Labute approximate surface area is 137 Å². The Kier molecular flexibility index (Phi) is 5.07. The molecule has 1 fully saturated rings. The van der Waals surface area contributed by atoms with Crippen molar-refractivity contribution in [2.75, 3.05) is 19.7 Å². The number of morpholine rings is 1. The summed E-state index contributed by atoms with van der Waals surface area (Å²) in [5.74, 6) is 1.53. The average Bonchev–Trinajstić information content (AvgIpc) is 3.16. The van der Waals surface area contributed by atoms with Crippen molar-refractivity contribution in [2.24, 2.45) is 5.92 Å². The summed E-state index contributed by atoms with van der Waals surface area (Å²) in [6.07, 6.45) is 5.89.